The van der Waals surface area contributed by atoms with Gasteiger partial charge in [0.2, 0.25) is 11.8 Å². The standard InChI is InChI=1S/C44H46ClN3O4/c1-31-5-9-37(10-6-31)30-51-40-17-18-42(46-28-40)52-44-34(4)25-38(27-41(44)45)33(3)26-43(49)48-22-20-47(21-23-48)29-36-13-11-35(12-14-36)19-24-50-39-15-7-32(2)8-16-39/h5-18,25-28H,19-24,29-30H2,1-4H3/b33-26+. The first-order chi connectivity index (χ1) is 25.2. The van der Waals surface area contributed by atoms with Crippen LogP contribution in [0.5, 0.6) is 23.1 Å². The highest BCUT2D eigenvalue weighted by molar-refractivity contribution is 6.32. The fourth-order valence-electron chi connectivity index (χ4n) is 6.03. The van der Waals surface area contributed by atoms with Crippen molar-refractivity contribution in [2.45, 2.75) is 47.3 Å². The summed E-state index contributed by atoms with van der Waals surface area (Å²) in [5, 5.41) is 0.453. The molecule has 1 aromatic heterocycles. The Morgan fingerprint density at radius 3 is 2.06 bits per heavy atom. The number of nitrogens with zero attached hydrogens (tertiary/aromatic N) is 3. The van der Waals surface area contributed by atoms with E-state index in [-0.39, 0.29) is 5.91 Å². The molecule has 4 aromatic carbocycles. The third-order valence-electron chi connectivity index (χ3n) is 9.26. The highest BCUT2D eigenvalue weighted by atomic mass is 35.5. The van der Waals surface area contributed by atoms with Crippen molar-refractivity contribution < 1.29 is 19.0 Å². The van der Waals surface area contributed by atoms with Crippen LogP contribution in [0.25, 0.3) is 5.57 Å². The maximum Gasteiger partial charge on any atom is 0.246 e. The van der Waals surface area contributed by atoms with Gasteiger partial charge in [0.05, 0.1) is 17.8 Å². The van der Waals surface area contributed by atoms with Gasteiger partial charge >= 0.3 is 0 Å². The van der Waals surface area contributed by atoms with E-state index in [2.05, 4.69) is 84.4 Å². The van der Waals surface area contributed by atoms with Crippen LogP contribution in [0.15, 0.2) is 109 Å². The van der Waals surface area contributed by atoms with Gasteiger partial charge in [-0.1, -0.05) is 83.4 Å². The van der Waals surface area contributed by atoms with E-state index < -0.39 is 0 Å². The van der Waals surface area contributed by atoms with Crippen molar-refractivity contribution in [1.29, 1.82) is 0 Å². The van der Waals surface area contributed by atoms with Crippen LogP contribution in [0, 0.1) is 20.8 Å². The molecule has 2 heterocycles. The van der Waals surface area contributed by atoms with Crippen LogP contribution < -0.4 is 14.2 Å². The van der Waals surface area contributed by atoms with Gasteiger partial charge in [0.1, 0.15) is 18.1 Å². The van der Waals surface area contributed by atoms with Crippen molar-refractivity contribution >= 4 is 23.1 Å². The predicted molar refractivity (Wildman–Crippen MR) is 208 cm³/mol. The molecule has 0 unspecified atom stereocenters. The van der Waals surface area contributed by atoms with Crippen LogP contribution in [0.4, 0.5) is 0 Å². The van der Waals surface area contributed by atoms with E-state index in [1.165, 1.54) is 22.3 Å². The molecule has 7 nitrogen and oxygen atoms in total. The number of amides is 1. The van der Waals surface area contributed by atoms with Gasteiger partial charge in [-0.3, -0.25) is 9.69 Å². The zero-order valence-corrected chi connectivity index (χ0v) is 31.2. The van der Waals surface area contributed by atoms with Crippen LogP contribution in [-0.4, -0.2) is 53.5 Å². The lowest BCUT2D eigenvalue weighted by molar-refractivity contribution is -0.127. The second kappa shape index (κ2) is 17.4. The first-order valence-corrected chi connectivity index (χ1v) is 18.2. The summed E-state index contributed by atoms with van der Waals surface area (Å²) in [6.07, 6.45) is 4.21. The maximum absolute atomic E-state index is 13.3. The van der Waals surface area contributed by atoms with Crippen molar-refractivity contribution in [3.8, 4) is 23.1 Å². The number of hydrogen-bond donors (Lipinski definition) is 0. The SMILES string of the molecule is C/C(=C\C(=O)N1CCN(Cc2ccc(CCOc3ccc(C)cc3)cc2)CC1)c1cc(C)c(Oc2ccc(OCc3ccc(C)cc3)cn2)c(Cl)c1. The minimum absolute atomic E-state index is 0.0114. The zero-order valence-electron chi connectivity index (χ0n) is 30.4. The third kappa shape index (κ3) is 10.2. The third-order valence-corrected chi connectivity index (χ3v) is 9.54. The van der Waals surface area contributed by atoms with Crippen molar-refractivity contribution in [2.75, 3.05) is 32.8 Å². The minimum Gasteiger partial charge on any atom is -0.493 e. The number of halogens is 1. The first-order valence-electron chi connectivity index (χ1n) is 17.8. The molecule has 0 bridgehead atoms. The van der Waals surface area contributed by atoms with Gasteiger partial charge in [-0.05, 0) is 91.4 Å². The summed E-state index contributed by atoms with van der Waals surface area (Å²) in [6.45, 7) is 13.0. The topological polar surface area (TPSA) is 64.1 Å². The van der Waals surface area contributed by atoms with Gasteiger partial charge in [0.15, 0.2) is 5.75 Å². The maximum atomic E-state index is 13.3. The second-order valence-electron chi connectivity index (χ2n) is 13.5. The Morgan fingerprint density at radius 1 is 0.769 bits per heavy atom. The molecule has 8 heteroatoms. The summed E-state index contributed by atoms with van der Waals surface area (Å²) in [5.74, 6) is 2.51. The highest BCUT2D eigenvalue weighted by Gasteiger charge is 2.21. The molecule has 1 aliphatic rings. The Hall–Kier alpha value is -5.11. The Bertz CT molecular complexity index is 1940. The predicted octanol–water partition coefficient (Wildman–Crippen LogP) is 9.40. The molecule has 0 N–H and O–H groups in total. The molecular weight excluding hydrogens is 670 g/mol. The lowest BCUT2D eigenvalue weighted by atomic mass is 10.0. The lowest BCUT2D eigenvalue weighted by Gasteiger charge is -2.34. The molecule has 6 rings (SSSR count). The number of pyridine rings is 1. The minimum atomic E-state index is 0.0114. The molecule has 0 saturated carbocycles. The molecular formula is C44H46ClN3O4. The molecule has 1 fully saturated rings. The summed E-state index contributed by atoms with van der Waals surface area (Å²) < 4.78 is 17.8. The molecule has 0 atom stereocenters. The number of hydrogen-bond acceptors (Lipinski definition) is 6. The molecule has 0 aliphatic carbocycles. The Labute approximate surface area is 312 Å². The molecule has 5 aromatic rings. The molecule has 0 radical (unpaired) electrons. The Balaban J connectivity index is 0.955. The van der Waals surface area contributed by atoms with Crippen LogP contribution in [-0.2, 0) is 24.4 Å². The number of benzene rings is 4. The van der Waals surface area contributed by atoms with Gasteiger partial charge in [-0.15, -0.1) is 0 Å². The van der Waals surface area contributed by atoms with Crippen molar-refractivity contribution in [3.05, 3.63) is 153 Å². The number of rotatable bonds is 13. The molecule has 268 valence electrons. The normalized spacial score (nSPS) is 13.6. The second-order valence-corrected chi connectivity index (χ2v) is 13.9. The first kappa shape index (κ1) is 36.7. The van der Waals surface area contributed by atoms with E-state index in [1.807, 2.05) is 49.1 Å². The summed E-state index contributed by atoms with van der Waals surface area (Å²) in [7, 11) is 0. The van der Waals surface area contributed by atoms with Gasteiger partial charge in [0, 0.05) is 51.3 Å². The smallest absolute Gasteiger partial charge is 0.246 e. The quantitative estimate of drug-likeness (QED) is 0.113. The number of aromatic nitrogens is 1. The summed E-state index contributed by atoms with van der Waals surface area (Å²) >= 11 is 6.70. The largest absolute Gasteiger partial charge is 0.493 e. The summed E-state index contributed by atoms with van der Waals surface area (Å²) in [6, 6.07) is 32.6. The number of aryl methyl sites for hydroxylation is 3. The number of carbonyl (C=O) groups is 1. The number of piperazine rings is 1. The molecule has 52 heavy (non-hydrogen) atoms. The highest BCUT2D eigenvalue weighted by Crippen LogP contribution is 2.35. The van der Waals surface area contributed by atoms with E-state index >= 15 is 0 Å². The lowest BCUT2D eigenvalue weighted by Crippen LogP contribution is -2.47. The zero-order chi connectivity index (χ0) is 36.5. The Morgan fingerprint density at radius 2 is 1.40 bits per heavy atom. The van der Waals surface area contributed by atoms with E-state index in [4.69, 9.17) is 25.8 Å². The van der Waals surface area contributed by atoms with Gasteiger partial charge in [-0.25, -0.2) is 4.98 Å². The van der Waals surface area contributed by atoms with E-state index in [1.54, 1.807) is 18.3 Å². The van der Waals surface area contributed by atoms with Crippen LogP contribution in [0.3, 0.4) is 0 Å². The van der Waals surface area contributed by atoms with Gasteiger partial charge in [0.25, 0.3) is 0 Å². The van der Waals surface area contributed by atoms with Crippen molar-refractivity contribution in [3.63, 3.8) is 0 Å². The van der Waals surface area contributed by atoms with Crippen molar-refractivity contribution in [1.82, 2.24) is 14.8 Å². The number of ether oxygens (including phenoxy) is 3. The molecule has 1 amide bonds. The van der Waals surface area contributed by atoms with E-state index in [0.717, 1.165) is 54.1 Å². The van der Waals surface area contributed by atoms with Crippen LogP contribution in [0.1, 0.15) is 45.9 Å². The fourth-order valence-corrected chi connectivity index (χ4v) is 6.34. The summed E-state index contributed by atoms with van der Waals surface area (Å²) in [4.78, 5) is 22.0. The van der Waals surface area contributed by atoms with E-state index in [0.29, 0.717) is 48.7 Å². The van der Waals surface area contributed by atoms with E-state index in [9.17, 15) is 4.79 Å². The average molecular weight is 716 g/mol. The average Bonchev–Trinajstić information content (AvgIpc) is 3.15. The van der Waals surface area contributed by atoms with Crippen LogP contribution >= 0.6 is 11.6 Å². The molecule has 1 saturated heterocycles. The van der Waals surface area contributed by atoms with Crippen molar-refractivity contribution in [2.24, 2.45) is 0 Å². The monoisotopic (exact) mass is 715 g/mol. The number of carbonyl (C=O) groups excluding carboxylic acids is 1. The fraction of sp³-hybridized carbons (Fsp3) is 0.273. The van der Waals surface area contributed by atoms with Gasteiger partial charge < -0.3 is 19.1 Å². The van der Waals surface area contributed by atoms with Crippen LogP contribution in [0.2, 0.25) is 5.02 Å². The molecule has 1 aliphatic heterocycles. The summed E-state index contributed by atoms with van der Waals surface area (Å²) in [5.41, 5.74) is 8.63. The Kier molecular flexibility index (Phi) is 12.3. The number of allylic oxidation sites excluding steroid dienone is 1. The van der Waals surface area contributed by atoms with Gasteiger partial charge in [-0.2, -0.15) is 0 Å². The molecule has 0 spiro atoms.